The Morgan fingerprint density at radius 3 is 2.68 bits per heavy atom. The van der Waals surface area contributed by atoms with Gasteiger partial charge in [-0.3, -0.25) is 0 Å². The van der Waals surface area contributed by atoms with Crippen molar-refractivity contribution < 1.29 is 0 Å². The van der Waals surface area contributed by atoms with Crippen molar-refractivity contribution in [1.29, 1.82) is 0 Å². The minimum absolute atomic E-state index is 0.214. The van der Waals surface area contributed by atoms with Crippen LogP contribution in [0.15, 0.2) is 47.8 Å². The molecular formula is C21H23N3S. The Bertz CT molecular complexity index is 867. The van der Waals surface area contributed by atoms with Gasteiger partial charge in [-0.05, 0) is 55.9 Å². The number of hydrazine groups is 1. The molecule has 2 aromatic carbocycles. The molecule has 0 amide bonds. The maximum atomic E-state index is 4.73. The van der Waals surface area contributed by atoms with Crippen LogP contribution in [0, 0.1) is 6.92 Å². The van der Waals surface area contributed by atoms with Crippen LogP contribution in [0.4, 0.5) is 5.82 Å². The van der Waals surface area contributed by atoms with Crippen LogP contribution in [-0.4, -0.2) is 4.98 Å². The Morgan fingerprint density at radius 1 is 1.04 bits per heavy atom. The molecule has 1 unspecified atom stereocenters. The Labute approximate surface area is 153 Å². The van der Waals surface area contributed by atoms with E-state index in [1.54, 1.807) is 11.3 Å². The largest absolute Gasteiger partial charge is 0.304 e. The summed E-state index contributed by atoms with van der Waals surface area (Å²) in [5.41, 5.74) is 13.3. The minimum atomic E-state index is 0.214. The molecule has 3 nitrogen and oxygen atoms in total. The lowest BCUT2D eigenvalue weighted by molar-refractivity contribution is 0.642. The van der Waals surface area contributed by atoms with E-state index in [0.29, 0.717) is 0 Å². The van der Waals surface area contributed by atoms with Crippen LogP contribution in [0.3, 0.4) is 0 Å². The molecule has 4 heteroatoms. The van der Waals surface area contributed by atoms with Gasteiger partial charge in [0, 0.05) is 17.0 Å². The summed E-state index contributed by atoms with van der Waals surface area (Å²) in [5, 5.41) is 3.14. The van der Waals surface area contributed by atoms with E-state index in [-0.39, 0.29) is 6.04 Å². The molecule has 0 bridgehead atoms. The zero-order valence-corrected chi connectivity index (χ0v) is 15.5. The maximum Gasteiger partial charge on any atom is 0.151 e. The van der Waals surface area contributed by atoms with Crippen molar-refractivity contribution in [1.82, 2.24) is 10.4 Å². The lowest BCUT2D eigenvalue weighted by Crippen LogP contribution is -2.25. The summed E-state index contributed by atoms with van der Waals surface area (Å²) >= 11 is 1.68. The zero-order valence-electron chi connectivity index (χ0n) is 14.7. The first kappa shape index (κ1) is 16.3. The van der Waals surface area contributed by atoms with Crippen molar-refractivity contribution in [2.45, 2.75) is 39.2 Å². The molecule has 3 aromatic rings. The second-order valence-corrected chi connectivity index (χ2v) is 7.63. The molecule has 1 aliphatic carbocycles. The first-order valence-corrected chi connectivity index (χ1v) is 9.73. The normalized spacial score (nSPS) is 14.3. The number of nitrogens with zero attached hydrogens (tertiary/aromatic N) is 1. The first-order chi connectivity index (χ1) is 12.2. The van der Waals surface area contributed by atoms with Crippen molar-refractivity contribution in [2.24, 2.45) is 0 Å². The number of rotatable bonds is 5. The fraction of sp³-hybridized carbons (Fsp3) is 0.286. The van der Waals surface area contributed by atoms with E-state index < -0.39 is 0 Å². The van der Waals surface area contributed by atoms with Gasteiger partial charge in [-0.25, -0.2) is 10.4 Å². The smallest absolute Gasteiger partial charge is 0.151 e. The van der Waals surface area contributed by atoms with Crippen molar-refractivity contribution >= 4 is 17.2 Å². The zero-order chi connectivity index (χ0) is 17.2. The summed E-state index contributed by atoms with van der Waals surface area (Å²) in [6, 6.07) is 15.6. The molecule has 1 aliphatic rings. The Hall–Kier alpha value is -2.17. The van der Waals surface area contributed by atoms with E-state index in [1.165, 1.54) is 47.1 Å². The van der Waals surface area contributed by atoms with Crippen LogP contribution in [-0.2, 0) is 12.8 Å². The number of benzene rings is 2. The fourth-order valence-corrected chi connectivity index (χ4v) is 4.04. The predicted octanol–water partition coefficient (Wildman–Crippen LogP) is 5.28. The number of hydrogen-bond donors (Lipinski definition) is 2. The number of thiazole rings is 1. The van der Waals surface area contributed by atoms with Gasteiger partial charge in [-0.2, -0.15) is 0 Å². The van der Waals surface area contributed by atoms with Crippen LogP contribution < -0.4 is 10.9 Å². The molecule has 1 atom stereocenters. The molecule has 0 aliphatic heterocycles. The van der Waals surface area contributed by atoms with E-state index in [2.05, 4.69) is 72.5 Å². The highest BCUT2D eigenvalue weighted by Gasteiger charge is 2.13. The highest BCUT2D eigenvalue weighted by molar-refractivity contribution is 7.13. The molecule has 0 fully saturated rings. The van der Waals surface area contributed by atoms with Crippen LogP contribution in [0.25, 0.3) is 10.6 Å². The van der Waals surface area contributed by atoms with Gasteiger partial charge in [0.1, 0.15) is 5.01 Å². The molecule has 1 aromatic heterocycles. The van der Waals surface area contributed by atoms with Gasteiger partial charge in [0.2, 0.25) is 0 Å². The summed E-state index contributed by atoms with van der Waals surface area (Å²) in [6.07, 6.45) is 3.71. The molecule has 0 radical (unpaired) electrons. The standard InChI is InChI=1S/C21H23N3S/c1-14-6-8-16(9-7-14)15(2)23-24-20-13-25-21(22-20)19-11-10-17-4-3-5-18(17)12-19/h6-13,15,23-24H,3-5H2,1-2H3. The summed E-state index contributed by atoms with van der Waals surface area (Å²) in [4.78, 5) is 4.73. The third kappa shape index (κ3) is 3.60. The van der Waals surface area contributed by atoms with E-state index >= 15 is 0 Å². The average Bonchev–Trinajstić information content (AvgIpc) is 3.28. The second kappa shape index (κ2) is 6.98. The van der Waals surface area contributed by atoms with Gasteiger partial charge < -0.3 is 5.43 Å². The Balaban J connectivity index is 1.42. The fourth-order valence-electron chi connectivity index (χ4n) is 3.29. The van der Waals surface area contributed by atoms with Gasteiger partial charge in [0.15, 0.2) is 5.82 Å². The number of nitrogens with one attached hydrogen (secondary N) is 2. The highest BCUT2D eigenvalue weighted by Crippen LogP contribution is 2.30. The maximum absolute atomic E-state index is 4.73. The Kier molecular flexibility index (Phi) is 4.55. The number of aryl methyl sites for hydroxylation is 3. The molecule has 128 valence electrons. The van der Waals surface area contributed by atoms with Gasteiger partial charge >= 0.3 is 0 Å². The quantitative estimate of drug-likeness (QED) is 0.615. The van der Waals surface area contributed by atoms with Gasteiger partial charge in [0.25, 0.3) is 0 Å². The molecule has 0 spiro atoms. The van der Waals surface area contributed by atoms with Crippen molar-refractivity contribution in [3.05, 3.63) is 70.1 Å². The summed E-state index contributed by atoms with van der Waals surface area (Å²) in [5.74, 6) is 0.875. The highest BCUT2D eigenvalue weighted by atomic mass is 32.1. The van der Waals surface area contributed by atoms with Gasteiger partial charge in [-0.15, -0.1) is 11.3 Å². The number of hydrogen-bond acceptors (Lipinski definition) is 4. The number of fused-ring (bicyclic) bond motifs is 1. The second-order valence-electron chi connectivity index (χ2n) is 6.78. The molecular weight excluding hydrogens is 326 g/mol. The molecule has 0 saturated carbocycles. The average molecular weight is 350 g/mol. The van der Waals surface area contributed by atoms with Gasteiger partial charge in [0.05, 0.1) is 0 Å². The molecule has 25 heavy (non-hydrogen) atoms. The van der Waals surface area contributed by atoms with E-state index in [1.807, 2.05) is 0 Å². The first-order valence-electron chi connectivity index (χ1n) is 8.85. The predicted molar refractivity (Wildman–Crippen MR) is 106 cm³/mol. The topological polar surface area (TPSA) is 37.0 Å². The third-order valence-electron chi connectivity index (χ3n) is 4.84. The van der Waals surface area contributed by atoms with E-state index in [0.717, 1.165) is 10.8 Å². The summed E-state index contributed by atoms with van der Waals surface area (Å²) in [7, 11) is 0. The van der Waals surface area contributed by atoms with Crippen molar-refractivity contribution in [3.63, 3.8) is 0 Å². The number of aromatic nitrogens is 1. The summed E-state index contributed by atoms with van der Waals surface area (Å²) < 4.78 is 0. The van der Waals surface area contributed by atoms with E-state index in [9.17, 15) is 0 Å². The lowest BCUT2D eigenvalue weighted by atomic mass is 10.1. The number of anilines is 1. The molecule has 1 heterocycles. The van der Waals surface area contributed by atoms with Crippen LogP contribution in [0.1, 0.15) is 41.6 Å². The van der Waals surface area contributed by atoms with Crippen LogP contribution >= 0.6 is 11.3 Å². The van der Waals surface area contributed by atoms with Crippen molar-refractivity contribution in [3.8, 4) is 10.6 Å². The van der Waals surface area contributed by atoms with Crippen LogP contribution in [0.5, 0.6) is 0 Å². The lowest BCUT2D eigenvalue weighted by Gasteiger charge is -2.15. The third-order valence-corrected chi connectivity index (χ3v) is 5.74. The molecule has 0 saturated heterocycles. The minimum Gasteiger partial charge on any atom is -0.304 e. The van der Waals surface area contributed by atoms with Crippen LogP contribution in [0.2, 0.25) is 0 Å². The molecule has 4 rings (SSSR count). The monoisotopic (exact) mass is 349 g/mol. The Morgan fingerprint density at radius 2 is 1.84 bits per heavy atom. The SMILES string of the molecule is Cc1ccc(C(C)NNc2csc(-c3ccc4c(c3)CCC4)n2)cc1. The van der Waals surface area contributed by atoms with E-state index in [4.69, 9.17) is 4.98 Å². The molecule has 2 N–H and O–H groups in total. The van der Waals surface area contributed by atoms with Gasteiger partial charge in [-0.1, -0.05) is 42.0 Å². The summed E-state index contributed by atoms with van der Waals surface area (Å²) in [6.45, 7) is 4.25. The van der Waals surface area contributed by atoms with Crippen molar-refractivity contribution in [2.75, 3.05) is 5.43 Å².